The van der Waals surface area contributed by atoms with Gasteiger partial charge in [-0.05, 0) is 30.5 Å². The topological polar surface area (TPSA) is 51.2 Å². The Kier molecular flexibility index (Phi) is 4.22. The van der Waals surface area contributed by atoms with Crippen molar-refractivity contribution < 1.29 is 9.53 Å². The van der Waals surface area contributed by atoms with Crippen molar-refractivity contribution in [2.75, 3.05) is 12.4 Å². The summed E-state index contributed by atoms with van der Waals surface area (Å²) in [7, 11) is 1.60. The van der Waals surface area contributed by atoms with Gasteiger partial charge in [-0.1, -0.05) is 6.07 Å². The van der Waals surface area contributed by atoms with Crippen LogP contribution in [0.1, 0.15) is 15.4 Å². The fourth-order valence-corrected chi connectivity index (χ4v) is 3.68. The Labute approximate surface area is 136 Å². The second-order valence-electron chi connectivity index (χ2n) is 4.63. The van der Waals surface area contributed by atoms with Gasteiger partial charge in [-0.15, -0.1) is 11.3 Å². The van der Waals surface area contributed by atoms with Crippen LogP contribution < -0.4 is 10.1 Å². The van der Waals surface area contributed by atoms with E-state index in [2.05, 4.69) is 10.3 Å². The Bertz CT molecular complexity index is 794. The number of rotatable bonds is 4. The van der Waals surface area contributed by atoms with E-state index in [-0.39, 0.29) is 5.91 Å². The molecule has 0 radical (unpaired) electrons. The Morgan fingerprint density at radius 3 is 2.91 bits per heavy atom. The number of ether oxygens (including phenoxy) is 1. The molecule has 0 aliphatic heterocycles. The molecule has 1 N–H and O–H groups in total. The number of aryl methyl sites for hydroxylation is 1. The summed E-state index contributed by atoms with van der Waals surface area (Å²) < 4.78 is 5.16. The van der Waals surface area contributed by atoms with Crippen LogP contribution in [0, 0.1) is 6.92 Å². The number of carbonyl (C=O) groups excluding carboxylic acids is 1. The zero-order chi connectivity index (χ0) is 15.5. The average molecular weight is 330 g/mol. The van der Waals surface area contributed by atoms with E-state index in [0.717, 1.165) is 16.3 Å². The van der Waals surface area contributed by atoms with Gasteiger partial charge >= 0.3 is 0 Å². The van der Waals surface area contributed by atoms with Gasteiger partial charge in [-0.25, -0.2) is 4.98 Å². The van der Waals surface area contributed by atoms with Gasteiger partial charge in [0.25, 0.3) is 5.91 Å². The van der Waals surface area contributed by atoms with Gasteiger partial charge in [-0.3, -0.25) is 4.79 Å². The summed E-state index contributed by atoms with van der Waals surface area (Å²) in [6.45, 7) is 1.85. The second-order valence-corrected chi connectivity index (χ2v) is 6.41. The van der Waals surface area contributed by atoms with Crippen LogP contribution >= 0.6 is 22.7 Å². The van der Waals surface area contributed by atoms with Crippen molar-refractivity contribution in [2.24, 2.45) is 0 Å². The zero-order valence-corrected chi connectivity index (χ0v) is 13.8. The highest BCUT2D eigenvalue weighted by molar-refractivity contribution is 7.17. The molecule has 4 nitrogen and oxygen atoms in total. The molecule has 1 amide bonds. The summed E-state index contributed by atoms with van der Waals surface area (Å²) in [5.41, 5.74) is 2.50. The maximum Gasteiger partial charge on any atom is 0.267 e. The van der Waals surface area contributed by atoms with Crippen molar-refractivity contribution >= 4 is 34.3 Å². The third-order valence-electron chi connectivity index (χ3n) is 3.10. The third-order valence-corrected chi connectivity index (χ3v) is 4.99. The Balaban J connectivity index is 1.83. The number of amides is 1. The monoisotopic (exact) mass is 330 g/mol. The molecule has 22 heavy (non-hydrogen) atoms. The van der Waals surface area contributed by atoms with Crippen LogP contribution in [0.15, 0.2) is 41.1 Å². The van der Waals surface area contributed by atoms with Crippen molar-refractivity contribution in [1.29, 1.82) is 0 Å². The number of benzene rings is 1. The van der Waals surface area contributed by atoms with E-state index in [1.165, 1.54) is 11.3 Å². The lowest BCUT2D eigenvalue weighted by atomic mass is 10.3. The molecule has 3 rings (SSSR count). The van der Waals surface area contributed by atoms with Crippen molar-refractivity contribution in [3.05, 3.63) is 51.7 Å². The van der Waals surface area contributed by atoms with Gasteiger partial charge in [-0.2, -0.15) is 11.3 Å². The van der Waals surface area contributed by atoms with Crippen molar-refractivity contribution in [2.45, 2.75) is 6.92 Å². The minimum atomic E-state index is -0.148. The van der Waals surface area contributed by atoms with Gasteiger partial charge in [0.15, 0.2) is 0 Å². The highest BCUT2D eigenvalue weighted by atomic mass is 32.1. The van der Waals surface area contributed by atoms with Crippen LogP contribution in [0.4, 0.5) is 5.69 Å². The van der Waals surface area contributed by atoms with Gasteiger partial charge in [0.05, 0.1) is 12.8 Å². The maximum absolute atomic E-state index is 12.4. The van der Waals surface area contributed by atoms with E-state index in [1.807, 2.05) is 41.9 Å². The van der Waals surface area contributed by atoms with E-state index < -0.39 is 0 Å². The number of hydrogen-bond donors (Lipinski definition) is 1. The average Bonchev–Trinajstić information content (AvgIpc) is 3.16. The van der Waals surface area contributed by atoms with Crippen LogP contribution in [-0.4, -0.2) is 18.0 Å². The van der Waals surface area contributed by atoms with Crippen molar-refractivity contribution in [1.82, 2.24) is 4.98 Å². The highest BCUT2D eigenvalue weighted by Crippen LogP contribution is 2.30. The third kappa shape index (κ3) is 3.03. The molecule has 0 unspecified atom stereocenters. The van der Waals surface area contributed by atoms with Gasteiger partial charge in [0, 0.05) is 22.7 Å². The molecule has 3 aromatic rings. The van der Waals surface area contributed by atoms with Crippen LogP contribution in [0.2, 0.25) is 0 Å². The first-order chi connectivity index (χ1) is 10.7. The van der Waals surface area contributed by atoms with Crippen molar-refractivity contribution in [3.8, 4) is 16.3 Å². The lowest BCUT2D eigenvalue weighted by Gasteiger charge is -2.06. The lowest BCUT2D eigenvalue weighted by Crippen LogP contribution is -2.11. The maximum atomic E-state index is 12.4. The molecule has 0 saturated carbocycles. The molecule has 0 bridgehead atoms. The molecule has 0 spiro atoms. The summed E-state index contributed by atoms with van der Waals surface area (Å²) in [4.78, 5) is 17.6. The normalized spacial score (nSPS) is 10.5. The number of anilines is 1. The van der Waals surface area contributed by atoms with Crippen LogP contribution in [0.25, 0.3) is 10.6 Å². The molecule has 2 aromatic heterocycles. The molecule has 0 aliphatic rings. The smallest absolute Gasteiger partial charge is 0.267 e. The predicted molar refractivity (Wildman–Crippen MR) is 91.1 cm³/mol. The molecule has 0 fully saturated rings. The van der Waals surface area contributed by atoms with Crippen LogP contribution in [-0.2, 0) is 0 Å². The summed E-state index contributed by atoms with van der Waals surface area (Å²) in [6, 6.07) is 9.30. The first-order valence-electron chi connectivity index (χ1n) is 6.63. The van der Waals surface area contributed by atoms with E-state index in [9.17, 15) is 4.79 Å². The van der Waals surface area contributed by atoms with E-state index in [0.29, 0.717) is 16.3 Å². The second kappa shape index (κ2) is 6.29. The SMILES string of the molecule is COc1cccc(NC(=O)c2sc(-c3ccsc3)nc2C)c1. The zero-order valence-electron chi connectivity index (χ0n) is 12.1. The summed E-state index contributed by atoms with van der Waals surface area (Å²) in [5, 5.41) is 7.79. The quantitative estimate of drug-likeness (QED) is 0.769. The van der Waals surface area contributed by atoms with Crippen LogP contribution in [0.3, 0.4) is 0 Å². The molecule has 0 aliphatic carbocycles. The molecule has 112 valence electrons. The molecular weight excluding hydrogens is 316 g/mol. The number of hydrogen-bond acceptors (Lipinski definition) is 5. The first-order valence-corrected chi connectivity index (χ1v) is 8.38. The number of carbonyl (C=O) groups is 1. The number of methoxy groups -OCH3 is 1. The standard InChI is InChI=1S/C16H14N2O2S2/c1-10-14(22-16(17-10)11-6-7-21-9-11)15(19)18-12-4-3-5-13(8-12)20-2/h3-9H,1-2H3,(H,18,19). The summed E-state index contributed by atoms with van der Waals surface area (Å²) in [6.07, 6.45) is 0. The Morgan fingerprint density at radius 2 is 2.18 bits per heavy atom. The largest absolute Gasteiger partial charge is 0.497 e. The van der Waals surface area contributed by atoms with E-state index in [1.54, 1.807) is 24.5 Å². The minimum Gasteiger partial charge on any atom is -0.497 e. The molecule has 2 heterocycles. The molecule has 0 saturated heterocycles. The Morgan fingerprint density at radius 1 is 1.32 bits per heavy atom. The minimum absolute atomic E-state index is 0.148. The number of aromatic nitrogens is 1. The van der Waals surface area contributed by atoms with Gasteiger partial charge in [0.1, 0.15) is 15.6 Å². The van der Waals surface area contributed by atoms with E-state index >= 15 is 0 Å². The molecule has 6 heteroatoms. The van der Waals surface area contributed by atoms with Gasteiger partial charge in [0.2, 0.25) is 0 Å². The summed E-state index contributed by atoms with van der Waals surface area (Å²) in [5.74, 6) is 0.558. The first kappa shape index (κ1) is 14.7. The Hall–Kier alpha value is -2.18. The fourth-order valence-electron chi connectivity index (χ4n) is 2.01. The highest BCUT2D eigenvalue weighted by Gasteiger charge is 2.16. The molecule has 0 atom stereocenters. The van der Waals surface area contributed by atoms with Gasteiger partial charge < -0.3 is 10.1 Å². The number of thiophene rings is 1. The predicted octanol–water partition coefficient (Wildman–Crippen LogP) is 4.44. The van der Waals surface area contributed by atoms with Crippen molar-refractivity contribution in [3.63, 3.8) is 0 Å². The number of thiazole rings is 1. The lowest BCUT2D eigenvalue weighted by molar-refractivity contribution is 0.103. The van der Waals surface area contributed by atoms with Crippen LogP contribution in [0.5, 0.6) is 5.75 Å². The van der Waals surface area contributed by atoms with E-state index in [4.69, 9.17) is 4.74 Å². The molecule has 1 aromatic carbocycles. The number of nitrogens with one attached hydrogen (secondary N) is 1. The number of nitrogens with zero attached hydrogens (tertiary/aromatic N) is 1. The summed E-state index contributed by atoms with van der Waals surface area (Å²) >= 11 is 3.02. The fraction of sp³-hybridized carbons (Fsp3) is 0.125. The molecular formula is C16H14N2O2S2.